The summed E-state index contributed by atoms with van der Waals surface area (Å²) in [5.41, 5.74) is 5.77. The van der Waals surface area contributed by atoms with Gasteiger partial charge in [0.05, 0.1) is 4.90 Å². The summed E-state index contributed by atoms with van der Waals surface area (Å²) < 4.78 is 28.2. The number of nitrogens with zero attached hydrogens (tertiary/aromatic N) is 2. The highest BCUT2D eigenvalue weighted by Crippen LogP contribution is 2.10. The molecular weight excluding hydrogens is 366 g/mol. The molecule has 1 heterocycles. The summed E-state index contributed by atoms with van der Waals surface area (Å²) >= 11 is 0. The van der Waals surface area contributed by atoms with Gasteiger partial charge in [-0.3, -0.25) is 0 Å². The second-order valence-corrected chi connectivity index (χ2v) is 7.94. The van der Waals surface area contributed by atoms with Gasteiger partial charge in [0.25, 0.3) is 10.0 Å². The Labute approximate surface area is 160 Å². The maximum absolute atomic E-state index is 12.0. The minimum Gasteiger partial charge on any atom is -0.382 e. The van der Waals surface area contributed by atoms with Crippen LogP contribution in [-0.4, -0.2) is 30.5 Å². The molecule has 0 saturated carbocycles. The average Bonchev–Trinajstić information content (AvgIpc) is 2.99. The number of hydrogen-bond acceptors (Lipinski definition) is 5. The highest BCUT2D eigenvalue weighted by atomic mass is 32.2. The number of carbonyl (C=O) groups excluding carboxylic acids is 1. The predicted octanol–water partition coefficient (Wildman–Crippen LogP) is 2.28. The number of amides is 2. The van der Waals surface area contributed by atoms with Crippen LogP contribution < -0.4 is 15.8 Å². The summed E-state index contributed by atoms with van der Waals surface area (Å²) in [5.74, 6) is 1.50. The zero-order chi connectivity index (χ0) is 19.7. The first-order valence-electron chi connectivity index (χ1n) is 9.09. The number of aryl methyl sites for hydroxylation is 2. The monoisotopic (exact) mass is 393 g/mol. The second kappa shape index (κ2) is 9.96. The van der Waals surface area contributed by atoms with Crippen molar-refractivity contribution in [2.75, 3.05) is 12.3 Å². The van der Waals surface area contributed by atoms with Crippen molar-refractivity contribution in [3.63, 3.8) is 0 Å². The molecule has 0 spiro atoms. The predicted molar refractivity (Wildman–Crippen MR) is 105 cm³/mol. The number of benzene rings is 1. The zero-order valence-electron chi connectivity index (χ0n) is 15.5. The highest BCUT2D eigenvalue weighted by Gasteiger charge is 2.16. The van der Waals surface area contributed by atoms with E-state index in [1.165, 1.54) is 12.1 Å². The molecule has 0 fully saturated rings. The van der Waals surface area contributed by atoms with E-state index in [1.54, 1.807) is 18.2 Å². The fourth-order valence-corrected chi connectivity index (χ4v) is 3.58. The van der Waals surface area contributed by atoms with Gasteiger partial charge in [-0.2, -0.15) is 0 Å². The smallest absolute Gasteiger partial charge is 0.328 e. The van der Waals surface area contributed by atoms with Crippen LogP contribution in [0.3, 0.4) is 0 Å². The lowest BCUT2D eigenvalue weighted by Crippen LogP contribution is -2.39. The van der Waals surface area contributed by atoms with Crippen molar-refractivity contribution in [1.82, 2.24) is 19.6 Å². The summed E-state index contributed by atoms with van der Waals surface area (Å²) in [6.07, 6.45) is 6.42. The van der Waals surface area contributed by atoms with E-state index in [0.717, 1.165) is 38.1 Å². The number of carbonyl (C=O) groups is 1. The van der Waals surface area contributed by atoms with E-state index < -0.39 is 16.1 Å². The lowest BCUT2D eigenvalue weighted by molar-refractivity contribution is 0.245. The fourth-order valence-electron chi connectivity index (χ4n) is 2.63. The third-order valence-electron chi connectivity index (χ3n) is 4.02. The maximum atomic E-state index is 12.0. The van der Waals surface area contributed by atoms with Gasteiger partial charge in [0, 0.05) is 25.7 Å². The van der Waals surface area contributed by atoms with Gasteiger partial charge in [0.15, 0.2) is 0 Å². The van der Waals surface area contributed by atoms with Gasteiger partial charge >= 0.3 is 6.03 Å². The Morgan fingerprint density at radius 1 is 1.19 bits per heavy atom. The summed E-state index contributed by atoms with van der Waals surface area (Å²) in [7, 11) is -3.85. The van der Waals surface area contributed by atoms with Crippen molar-refractivity contribution in [2.45, 2.75) is 50.5 Å². The van der Waals surface area contributed by atoms with Crippen LogP contribution in [0.15, 0.2) is 41.4 Å². The summed E-state index contributed by atoms with van der Waals surface area (Å²) in [5, 5.41) is 2.57. The zero-order valence-corrected chi connectivity index (χ0v) is 16.3. The molecule has 148 valence electrons. The van der Waals surface area contributed by atoms with E-state index in [4.69, 9.17) is 5.73 Å². The third kappa shape index (κ3) is 6.59. The van der Waals surface area contributed by atoms with E-state index in [1.807, 2.05) is 15.5 Å². The molecule has 0 bridgehead atoms. The third-order valence-corrected chi connectivity index (χ3v) is 5.37. The van der Waals surface area contributed by atoms with Crippen LogP contribution in [0.1, 0.15) is 38.4 Å². The van der Waals surface area contributed by atoms with Crippen LogP contribution in [0.2, 0.25) is 0 Å². The van der Waals surface area contributed by atoms with Crippen molar-refractivity contribution in [3.05, 3.63) is 42.4 Å². The number of nitrogens with two attached hydrogens (primary N) is 1. The number of rotatable bonds is 10. The van der Waals surface area contributed by atoms with E-state index in [0.29, 0.717) is 18.8 Å². The highest BCUT2D eigenvalue weighted by molar-refractivity contribution is 7.90. The van der Waals surface area contributed by atoms with Crippen molar-refractivity contribution in [3.8, 4) is 0 Å². The first kappa shape index (κ1) is 20.8. The largest absolute Gasteiger partial charge is 0.382 e. The topological polar surface area (TPSA) is 119 Å². The molecule has 0 aliphatic heterocycles. The molecule has 4 N–H and O–H groups in total. The number of hydrogen-bond donors (Lipinski definition) is 3. The van der Waals surface area contributed by atoms with Crippen molar-refractivity contribution < 1.29 is 13.2 Å². The van der Waals surface area contributed by atoms with E-state index >= 15 is 0 Å². The lowest BCUT2D eigenvalue weighted by Gasteiger charge is -2.09. The van der Waals surface area contributed by atoms with Gasteiger partial charge < -0.3 is 15.6 Å². The molecule has 2 rings (SSSR count). The molecule has 0 unspecified atom stereocenters. The average molecular weight is 394 g/mol. The minimum atomic E-state index is -3.85. The normalized spacial score (nSPS) is 11.3. The molecule has 0 saturated heterocycles. The fraction of sp³-hybridized carbons (Fsp3) is 0.444. The number of nitrogens with one attached hydrogen (secondary N) is 2. The Morgan fingerprint density at radius 3 is 2.63 bits per heavy atom. The SMILES string of the molecule is CCCCc1nc(N)cn1CCCCNC(=O)NS(=O)(=O)c1ccccc1. The van der Waals surface area contributed by atoms with E-state index in [-0.39, 0.29) is 4.90 Å². The second-order valence-electron chi connectivity index (χ2n) is 6.26. The van der Waals surface area contributed by atoms with Crippen LogP contribution in [0.4, 0.5) is 10.6 Å². The van der Waals surface area contributed by atoms with Crippen LogP contribution in [-0.2, 0) is 23.0 Å². The number of unbranched alkanes of at least 4 members (excludes halogenated alkanes) is 2. The Kier molecular flexibility index (Phi) is 7.66. The molecule has 2 amide bonds. The Hall–Kier alpha value is -2.55. The summed E-state index contributed by atoms with van der Waals surface area (Å²) in [6, 6.07) is 7.05. The first-order valence-corrected chi connectivity index (χ1v) is 10.6. The van der Waals surface area contributed by atoms with Gasteiger partial charge in [0.2, 0.25) is 0 Å². The quantitative estimate of drug-likeness (QED) is 0.535. The minimum absolute atomic E-state index is 0.0532. The van der Waals surface area contributed by atoms with Crippen LogP contribution >= 0.6 is 0 Å². The molecule has 1 aromatic carbocycles. The molecule has 0 aliphatic rings. The van der Waals surface area contributed by atoms with Gasteiger partial charge in [-0.15, -0.1) is 0 Å². The molecule has 0 atom stereocenters. The standard InChI is InChI=1S/C18H27N5O3S/c1-2-3-11-17-21-16(19)14-23(17)13-8-7-12-20-18(24)22-27(25,26)15-9-5-4-6-10-15/h4-6,9-10,14H,2-3,7-8,11-13,19H2,1H3,(H2,20,22,24). The molecule has 8 nitrogen and oxygen atoms in total. The molecular formula is C18H27N5O3S. The Balaban J connectivity index is 1.72. The Morgan fingerprint density at radius 2 is 1.93 bits per heavy atom. The number of aromatic nitrogens is 2. The van der Waals surface area contributed by atoms with E-state index in [2.05, 4.69) is 17.2 Å². The number of nitrogen functional groups attached to an aromatic ring is 1. The number of imidazole rings is 1. The van der Waals surface area contributed by atoms with Crippen LogP contribution in [0.5, 0.6) is 0 Å². The molecule has 27 heavy (non-hydrogen) atoms. The maximum Gasteiger partial charge on any atom is 0.328 e. The van der Waals surface area contributed by atoms with Gasteiger partial charge in [-0.25, -0.2) is 22.9 Å². The molecule has 9 heteroatoms. The Bertz CT molecular complexity index is 834. The summed E-state index contributed by atoms with van der Waals surface area (Å²) in [4.78, 5) is 16.2. The van der Waals surface area contributed by atoms with E-state index in [9.17, 15) is 13.2 Å². The molecule has 0 radical (unpaired) electrons. The molecule has 0 aliphatic carbocycles. The van der Waals surface area contributed by atoms with Gasteiger partial charge in [0.1, 0.15) is 11.6 Å². The number of urea groups is 1. The van der Waals surface area contributed by atoms with Gasteiger partial charge in [-0.1, -0.05) is 31.5 Å². The van der Waals surface area contributed by atoms with Crippen LogP contribution in [0.25, 0.3) is 0 Å². The number of anilines is 1. The lowest BCUT2D eigenvalue weighted by atomic mass is 10.2. The van der Waals surface area contributed by atoms with Crippen molar-refractivity contribution >= 4 is 21.9 Å². The van der Waals surface area contributed by atoms with Gasteiger partial charge in [-0.05, 0) is 31.4 Å². The van der Waals surface area contributed by atoms with Crippen molar-refractivity contribution in [1.29, 1.82) is 0 Å². The molecule has 1 aromatic heterocycles. The molecule has 2 aromatic rings. The number of sulfonamides is 1. The van der Waals surface area contributed by atoms with Crippen molar-refractivity contribution in [2.24, 2.45) is 0 Å². The summed E-state index contributed by atoms with van der Waals surface area (Å²) in [6.45, 7) is 3.27. The van der Waals surface area contributed by atoms with Crippen LogP contribution in [0, 0.1) is 0 Å². The first-order chi connectivity index (χ1) is 12.9.